The summed E-state index contributed by atoms with van der Waals surface area (Å²) in [5.41, 5.74) is 1.33. The van der Waals surface area contributed by atoms with Gasteiger partial charge in [-0.25, -0.2) is 9.59 Å². The van der Waals surface area contributed by atoms with Gasteiger partial charge in [0.1, 0.15) is 0 Å². The molecule has 1 saturated heterocycles. The summed E-state index contributed by atoms with van der Waals surface area (Å²) in [6.07, 6.45) is -0.335. The highest BCUT2D eigenvalue weighted by Gasteiger charge is 2.30. The maximum Gasteiger partial charge on any atom is 0.347 e. The van der Waals surface area contributed by atoms with E-state index in [9.17, 15) is 9.59 Å². The normalized spacial score (nSPS) is 18.3. The predicted octanol–water partition coefficient (Wildman–Crippen LogP) is 1.22. The summed E-state index contributed by atoms with van der Waals surface area (Å²) < 4.78 is 9.85. The average molecular weight is 249 g/mol. The van der Waals surface area contributed by atoms with E-state index in [0.717, 1.165) is 5.69 Å². The molecule has 1 heterocycles. The summed E-state index contributed by atoms with van der Waals surface area (Å²) in [7, 11) is 3.78. The highest BCUT2D eigenvalue weighted by molar-refractivity contribution is 5.92. The first kappa shape index (κ1) is 12.4. The lowest BCUT2D eigenvalue weighted by atomic mass is 10.2. The molecule has 0 spiro atoms. The van der Waals surface area contributed by atoms with Gasteiger partial charge in [0, 0.05) is 26.2 Å². The monoisotopic (exact) mass is 249 g/mol. The van der Waals surface area contributed by atoms with Crippen molar-refractivity contribution in [2.45, 2.75) is 12.5 Å². The fourth-order valence-electron chi connectivity index (χ4n) is 1.69. The van der Waals surface area contributed by atoms with Crippen LogP contribution in [0.25, 0.3) is 0 Å². The summed E-state index contributed by atoms with van der Waals surface area (Å²) in [5.74, 6) is -0.963. The molecule has 0 bridgehead atoms. The maximum atomic E-state index is 11.9. The van der Waals surface area contributed by atoms with Crippen molar-refractivity contribution >= 4 is 17.6 Å². The van der Waals surface area contributed by atoms with E-state index in [0.29, 0.717) is 18.6 Å². The standard InChI is InChI=1S/C13H15NO4/c1-14(2)10-5-3-4-9(8-10)12(15)18-11-6-7-17-13(11)16/h3-5,8,11H,6-7H2,1-2H3. The molecular formula is C13H15NO4. The van der Waals surface area contributed by atoms with E-state index in [1.54, 1.807) is 18.2 Å². The van der Waals surface area contributed by atoms with Crippen LogP contribution in [0.2, 0.25) is 0 Å². The Bertz CT molecular complexity index is 470. The number of carbonyl (C=O) groups is 2. The summed E-state index contributed by atoms with van der Waals surface area (Å²) in [6, 6.07) is 7.05. The Kier molecular flexibility index (Phi) is 3.50. The number of benzene rings is 1. The van der Waals surface area contributed by atoms with Gasteiger partial charge < -0.3 is 14.4 Å². The highest BCUT2D eigenvalue weighted by atomic mass is 16.6. The van der Waals surface area contributed by atoms with Crippen LogP contribution in [0.5, 0.6) is 0 Å². The van der Waals surface area contributed by atoms with Gasteiger partial charge in [0.2, 0.25) is 6.10 Å². The summed E-state index contributed by atoms with van der Waals surface area (Å²) in [6.45, 7) is 0.314. The molecule has 1 aromatic carbocycles. The van der Waals surface area contributed by atoms with Crippen molar-refractivity contribution in [1.29, 1.82) is 0 Å². The molecule has 0 saturated carbocycles. The van der Waals surface area contributed by atoms with E-state index in [1.165, 1.54) is 0 Å². The van der Waals surface area contributed by atoms with E-state index in [1.807, 2.05) is 25.1 Å². The number of cyclic esters (lactones) is 1. The minimum absolute atomic E-state index is 0.314. The van der Waals surface area contributed by atoms with Gasteiger partial charge in [0.15, 0.2) is 0 Å². The molecule has 1 aliphatic heterocycles. The Balaban J connectivity index is 2.09. The number of rotatable bonds is 3. The van der Waals surface area contributed by atoms with E-state index >= 15 is 0 Å². The Hall–Kier alpha value is -2.04. The molecular weight excluding hydrogens is 234 g/mol. The molecule has 0 radical (unpaired) electrons. The number of hydrogen-bond donors (Lipinski definition) is 0. The lowest BCUT2D eigenvalue weighted by Crippen LogP contribution is -2.22. The maximum absolute atomic E-state index is 11.9. The first-order chi connectivity index (χ1) is 8.58. The van der Waals surface area contributed by atoms with Crippen LogP contribution in [0, 0.1) is 0 Å². The predicted molar refractivity (Wildman–Crippen MR) is 65.5 cm³/mol. The second kappa shape index (κ2) is 5.08. The summed E-state index contributed by atoms with van der Waals surface area (Å²) in [4.78, 5) is 25.0. The van der Waals surface area contributed by atoms with Crippen LogP contribution in [0.4, 0.5) is 5.69 Å². The molecule has 5 heteroatoms. The molecule has 1 aliphatic rings. The van der Waals surface area contributed by atoms with Crippen LogP contribution in [-0.4, -0.2) is 38.7 Å². The van der Waals surface area contributed by atoms with Crippen LogP contribution in [-0.2, 0) is 14.3 Å². The number of esters is 2. The minimum atomic E-state index is -0.763. The SMILES string of the molecule is CN(C)c1cccc(C(=O)OC2CCOC2=O)c1. The molecule has 0 aromatic heterocycles. The molecule has 1 fully saturated rings. The van der Waals surface area contributed by atoms with E-state index in [4.69, 9.17) is 9.47 Å². The topological polar surface area (TPSA) is 55.8 Å². The summed E-state index contributed by atoms with van der Waals surface area (Å²) >= 11 is 0. The zero-order valence-corrected chi connectivity index (χ0v) is 10.4. The van der Waals surface area contributed by atoms with Gasteiger partial charge in [0.25, 0.3) is 0 Å². The number of ether oxygens (including phenoxy) is 2. The third kappa shape index (κ3) is 2.61. The highest BCUT2D eigenvalue weighted by Crippen LogP contribution is 2.17. The quantitative estimate of drug-likeness (QED) is 0.754. The largest absolute Gasteiger partial charge is 0.463 e. The Morgan fingerprint density at radius 3 is 2.83 bits per heavy atom. The number of nitrogens with zero attached hydrogens (tertiary/aromatic N) is 1. The lowest BCUT2D eigenvalue weighted by Gasteiger charge is -2.14. The van der Waals surface area contributed by atoms with Crippen LogP contribution >= 0.6 is 0 Å². The molecule has 0 amide bonds. The van der Waals surface area contributed by atoms with E-state index in [2.05, 4.69) is 0 Å². The zero-order valence-electron chi connectivity index (χ0n) is 10.4. The van der Waals surface area contributed by atoms with Gasteiger partial charge in [-0.1, -0.05) is 6.07 Å². The van der Waals surface area contributed by atoms with Crippen molar-refractivity contribution in [3.63, 3.8) is 0 Å². The van der Waals surface area contributed by atoms with Crippen LogP contribution in [0.3, 0.4) is 0 Å². The first-order valence-corrected chi connectivity index (χ1v) is 5.73. The van der Waals surface area contributed by atoms with Crippen molar-refractivity contribution < 1.29 is 19.1 Å². The van der Waals surface area contributed by atoms with Crippen molar-refractivity contribution in [3.8, 4) is 0 Å². The molecule has 1 atom stereocenters. The fourth-order valence-corrected chi connectivity index (χ4v) is 1.69. The second-order valence-electron chi connectivity index (χ2n) is 4.29. The summed E-state index contributed by atoms with van der Waals surface area (Å²) in [5, 5.41) is 0. The third-order valence-corrected chi connectivity index (χ3v) is 2.73. The lowest BCUT2D eigenvalue weighted by molar-refractivity contribution is -0.145. The Labute approximate surface area is 105 Å². The third-order valence-electron chi connectivity index (χ3n) is 2.73. The Morgan fingerprint density at radius 2 is 2.22 bits per heavy atom. The van der Waals surface area contributed by atoms with Crippen molar-refractivity contribution in [1.82, 2.24) is 0 Å². The van der Waals surface area contributed by atoms with Crippen LogP contribution in [0.1, 0.15) is 16.8 Å². The van der Waals surface area contributed by atoms with Crippen LogP contribution in [0.15, 0.2) is 24.3 Å². The number of carbonyl (C=O) groups excluding carboxylic acids is 2. The van der Waals surface area contributed by atoms with Gasteiger partial charge in [-0.05, 0) is 18.2 Å². The van der Waals surface area contributed by atoms with Gasteiger partial charge in [0.05, 0.1) is 12.2 Å². The molecule has 1 aromatic rings. The van der Waals surface area contributed by atoms with Gasteiger partial charge in [-0.3, -0.25) is 0 Å². The van der Waals surface area contributed by atoms with Gasteiger partial charge in [-0.15, -0.1) is 0 Å². The van der Waals surface area contributed by atoms with Gasteiger partial charge >= 0.3 is 11.9 Å². The minimum Gasteiger partial charge on any atom is -0.463 e. The second-order valence-corrected chi connectivity index (χ2v) is 4.29. The zero-order chi connectivity index (χ0) is 13.1. The molecule has 1 unspecified atom stereocenters. The van der Waals surface area contributed by atoms with Crippen molar-refractivity contribution in [2.75, 3.05) is 25.6 Å². The molecule has 0 aliphatic carbocycles. The van der Waals surface area contributed by atoms with Crippen molar-refractivity contribution in [3.05, 3.63) is 29.8 Å². The number of anilines is 1. The molecule has 18 heavy (non-hydrogen) atoms. The molecule has 5 nitrogen and oxygen atoms in total. The van der Waals surface area contributed by atoms with E-state index < -0.39 is 18.0 Å². The smallest absolute Gasteiger partial charge is 0.347 e. The average Bonchev–Trinajstić information content (AvgIpc) is 2.75. The number of hydrogen-bond acceptors (Lipinski definition) is 5. The first-order valence-electron chi connectivity index (χ1n) is 5.73. The molecule has 0 N–H and O–H groups in total. The van der Waals surface area contributed by atoms with Gasteiger partial charge in [-0.2, -0.15) is 0 Å². The van der Waals surface area contributed by atoms with Crippen molar-refractivity contribution in [2.24, 2.45) is 0 Å². The molecule has 96 valence electrons. The van der Waals surface area contributed by atoms with E-state index in [-0.39, 0.29) is 0 Å². The molecule has 2 rings (SSSR count). The fraction of sp³-hybridized carbons (Fsp3) is 0.385. The Morgan fingerprint density at radius 1 is 1.44 bits per heavy atom. The van der Waals surface area contributed by atoms with Crippen LogP contribution < -0.4 is 4.90 Å².